The van der Waals surface area contributed by atoms with E-state index < -0.39 is 6.10 Å². The molecule has 0 aromatic rings. The molecular weight excluding hydrogens is 781 g/mol. The fourth-order valence-corrected chi connectivity index (χ4v) is 6.57. The van der Waals surface area contributed by atoms with Gasteiger partial charge in [0.15, 0.2) is 6.10 Å². The zero-order valence-electron chi connectivity index (χ0n) is 40.5. The van der Waals surface area contributed by atoms with Crippen molar-refractivity contribution in [3.8, 4) is 0 Å². The highest BCUT2D eigenvalue weighted by molar-refractivity contribution is 5.71. The third-order valence-corrected chi connectivity index (χ3v) is 10.4. The Morgan fingerprint density at radius 3 is 1.08 bits per heavy atom. The van der Waals surface area contributed by atoms with Crippen molar-refractivity contribution in [1.82, 2.24) is 0 Å². The van der Waals surface area contributed by atoms with E-state index in [4.69, 9.17) is 14.2 Å². The first-order valence-electron chi connectivity index (χ1n) is 25.5. The number of hydrogen-bond acceptors (Lipinski definition) is 6. The summed E-state index contributed by atoms with van der Waals surface area (Å²) < 4.78 is 16.7. The summed E-state index contributed by atoms with van der Waals surface area (Å²) in [5.41, 5.74) is 0. The summed E-state index contributed by atoms with van der Waals surface area (Å²) in [6.45, 7) is 6.38. The van der Waals surface area contributed by atoms with Gasteiger partial charge in [-0.05, 0) is 89.9 Å². The fourth-order valence-electron chi connectivity index (χ4n) is 6.57. The summed E-state index contributed by atoms with van der Waals surface area (Å²) in [5, 5.41) is 0. The molecule has 0 fully saturated rings. The number of unbranched alkanes of at least 4 members (excludes halogenated alkanes) is 21. The zero-order valence-corrected chi connectivity index (χ0v) is 40.5. The van der Waals surface area contributed by atoms with Crippen molar-refractivity contribution >= 4 is 17.9 Å². The van der Waals surface area contributed by atoms with Gasteiger partial charge >= 0.3 is 17.9 Å². The predicted molar refractivity (Wildman–Crippen MR) is 270 cm³/mol. The number of ether oxygens (including phenoxy) is 3. The highest BCUT2D eigenvalue weighted by Crippen LogP contribution is 2.13. The van der Waals surface area contributed by atoms with Crippen LogP contribution in [0.2, 0.25) is 0 Å². The quantitative estimate of drug-likeness (QED) is 0.0199. The summed E-state index contributed by atoms with van der Waals surface area (Å²) >= 11 is 0. The SMILES string of the molecule is CC\C=C/C=C\C=C/C=C\C=C\C=C/CCCCCC(=O)OCC(COC(=O)CCCCC/C=C\CCCCCCCC)OC(=O)CCCCCCCC/C=C\C=C/CCCCC. The molecule has 1 atom stereocenters. The Morgan fingerprint density at radius 2 is 0.635 bits per heavy atom. The van der Waals surface area contributed by atoms with Gasteiger partial charge in [0.1, 0.15) is 13.2 Å². The second kappa shape index (κ2) is 50.7. The molecule has 0 N–H and O–H groups in total. The molecule has 356 valence electrons. The number of hydrogen-bond donors (Lipinski definition) is 0. The molecular formula is C57H92O6. The fraction of sp³-hybridized carbons (Fsp3) is 0.632. The van der Waals surface area contributed by atoms with Gasteiger partial charge in [-0.1, -0.05) is 214 Å². The molecule has 0 rings (SSSR count). The summed E-state index contributed by atoms with van der Waals surface area (Å²) in [5.74, 6) is -0.985. The van der Waals surface area contributed by atoms with Crippen molar-refractivity contribution in [2.45, 2.75) is 219 Å². The van der Waals surface area contributed by atoms with Crippen molar-refractivity contribution in [2.75, 3.05) is 13.2 Å². The third-order valence-electron chi connectivity index (χ3n) is 10.4. The molecule has 63 heavy (non-hydrogen) atoms. The molecule has 0 saturated heterocycles. The predicted octanol–water partition coefficient (Wildman–Crippen LogP) is 16.8. The van der Waals surface area contributed by atoms with Crippen molar-refractivity contribution < 1.29 is 28.6 Å². The highest BCUT2D eigenvalue weighted by Gasteiger charge is 2.19. The second-order valence-electron chi connectivity index (χ2n) is 16.5. The average molecular weight is 873 g/mol. The van der Waals surface area contributed by atoms with Crippen LogP contribution in [0.15, 0.2) is 109 Å². The second-order valence-corrected chi connectivity index (χ2v) is 16.5. The molecule has 6 nitrogen and oxygen atoms in total. The largest absolute Gasteiger partial charge is 0.462 e. The Bertz CT molecular complexity index is 1330. The van der Waals surface area contributed by atoms with E-state index in [1.807, 2.05) is 60.8 Å². The summed E-state index contributed by atoms with van der Waals surface area (Å²) in [6.07, 6.45) is 67.8. The maximum absolute atomic E-state index is 12.8. The van der Waals surface area contributed by atoms with Crippen LogP contribution in [0.25, 0.3) is 0 Å². The van der Waals surface area contributed by atoms with Crippen molar-refractivity contribution in [3.05, 3.63) is 109 Å². The Morgan fingerprint density at radius 1 is 0.333 bits per heavy atom. The molecule has 0 aliphatic heterocycles. The van der Waals surface area contributed by atoms with Gasteiger partial charge in [-0.3, -0.25) is 14.4 Å². The lowest BCUT2D eigenvalue weighted by molar-refractivity contribution is -0.167. The van der Waals surface area contributed by atoms with Crippen LogP contribution in [0.4, 0.5) is 0 Å². The van der Waals surface area contributed by atoms with E-state index in [1.54, 1.807) is 0 Å². The number of allylic oxidation sites excluding steroid dienone is 18. The topological polar surface area (TPSA) is 78.9 Å². The maximum Gasteiger partial charge on any atom is 0.306 e. The molecule has 0 bridgehead atoms. The van der Waals surface area contributed by atoms with E-state index >= 15 is 0 Å². The molecule has 0 amide bonds. The summed E-state index contributed by atoms with van der Waals surface area (Å²) in [4.78, 5) is 38.0. The van der Waals surface area contributed by atoms with E-state index in [0.29, 0.717) is 19.3 Å². The minimum Gasteiger partial charge on any atom is -0.462 e. The molecule has 0 heterocycles. The van der Waals surface area contributed by atoms with Gasteiger partial charge in [0, 0.05) is 19.3 Å². The van der Waals surface area contributed by atoms with Gasteiger partial charge in [0.2, 0.25) is 0 Å². The van der Waals surface area contributed by atoms with E-state index in [9.17, 15) is 14.4 Å². The first kappa shape index (κ1) is 59.1. The van der Waals surface area contributed by atoms with Crippen LogP contribution in [0.3, 0.4) is 0 Å². The summed E-state index contributed by atoms with van der Waals surface area (Å²) in [7, 11) is 0. The molecule has 0 aliphatic rings. The van der Waals surface area contributed by atoms with Crippen molar-refractivity contribution in [3.63, 3.8) is 0 Å². The Hall–Kier alpha value is -3.93. The summed E-state index contributed by atoms with van der Waals surface area (Å²) in [6, 6.07) is 0. The first-order chi connectivity index (χ1) is 31.0. The van der Waals surface area contributed by atoms with Gasteiger partial charge in [0.25, 0.3) is 0 Å². The number of carbonyl (C=O) groups is 3. The molecule has 1 unspecified atom stereocenters. The van der Waals surface area contributed by atoms with E-state index in [2.05, 4.69) is 69.4 Å². The standard InChI is InChI=1S/C57H92O6/c1-4-7-10-13-16-19-22-25-27-28-30-32-35-38-41-44-47-50-56(59)62-53-54(52-61-55(58)49-46-43-40-37-34-31-24-21-18-15-12-9-6-3)63-57(60)51-48-45-42-39-36-33-29-26-23-20-17-14-11-8-5-2/h7,10,13,16-17,19-20,22-23,25-28,30-32,34-35,54H,4-6,8-9,11-12,14-15,18,21,24,29,33,36-53H2,1-3H3/b10-7-,16-13-,20-17-,22-19-,26-23-,27-25-,30-28+,34-31-,35-32-. The van der Waals surface area contributed by atoms with Crippen LogP contribution in [-0.4, -0.2) is 37.2 Å². The molecule has 0 saturated carbocycles. The van der Waals surface area contributed by atoms with Crippen LogP contribution >= 0.6 is 0 Å². The monoisotopic (exact) mass is 873 g/mol. The van der Waals surface area contributed by atoms with Gasteiger partial charge in [0.05, 0.1) is 0 Å². The van der Waals surface area contributed by atoms with Crippen LogP contribution < -0.4 is 0 Å². The molecule has 0 aromatic heterocycles. The maximum atomic E-state index is 12.8. The zero-order chi connectivity index (χ0) is 45.8. The number of esters is 3. The van der Waals surface area contributed by atoms with E-state index in [0.717, 1.165) is 103 Å². The minimum absolute atomic E-state index is 0.107. The van der Waals surface area contributed by atoms with E-state index in [-0.39, 0.29) is 31.1 Å². The van der Waals surface area contributed by atoms with Crippen LogP contribution in [-0.2, 0) is 28.6 Å². The molecule has 0 aliphatic carbocycles. The van der Waals surface area contributed by atoms with Crippen LogP contribution in [0.5, 0.6) is 0 Å². The van der Waals surface area contributed by atoms with E-state index in [1.165, 1.54) is 70.6 Å². The molecule has 0 radical (unpaired) electrons. The van der Waals surface area contributed by atoms with Gasteiger partial charge in [-0.25, -0.2) is 0 Å². The number of carbonyl (C=O) groups excluding carboxylic acids is 3. The lowest BCUT2D eigenvalue weighted by atomic mass is 10.1. The lowest BCUT2D eigenvalue weighted by Crippen LogP contribution is -2.30. The smallest absolute Gasteiger partial charge is 0.306 e. The van der Waals surface area contributed by atoms with Gasteiger partial charge in [-0.2, -0.15) is 0 Å². The molecule has 0 spiro atoms. The molecule has 6 heteroatoms. The minimum atomic E-state index is -0.810. The normalized spacial score (nSPS) is 13.0. The Kier molecular flexibility index (Phi) is 47.5. The lowest BCUT2D eigenvalue weighted by Gasteiger charge is -2.18. The average Bonchev–Trinajstić information content (AvgIpc) is 3.28. The third kappa shape index (κ3) is 49.0. The van der Waals surface area contributed by atoms with Crippen LogP contribution in [0.1, 0.15) is 213 Å². The Balaban J connectivity index is 4.54. The molecule has 0 aromatic carbocycles. The van der Waals surface area contributed by atoms with Gasteiger partial charge in [-0.15, -0.1) is 0 Å². The van der Waals surface area contributed by atoms with Crippen LogP contribution in [0, 0.1) is 0 Å². The van der Waals surface area contributed by atoms with Crippen molar-refractivity contribution in [1.29, 1.82) is 0 Å². The first-order valence-corrected chi connectivity index (χ1v) is 25.5. The van der Waals surface area contributed by atoms with Gasteiger partial charge < -0.3 is 14.2 Å². The highest BCUT2D eigenvalue weighted by atomic mass is 16.6. The van der Waals surface area contributed by atoms with Crippen molar-refractivity contribution in [2.24, 2.45) is 0 Å². The number of rotatable bonds is 44. The Labute approximate surface area is 387 Å².